The highest BCUT2D eigenvalue weighted by molar-refractivity contribution is 7.98. The Morgan fingerprint density at radius 2 is 2.21 bits per heavy atom. The molecular formula is C12H23NS. The third kappa shape index (κ3) is 2.46. The second-order valence-corrected chi connectivity index (χ2v) is 6.11. The Hall–Kier alpha value is 0.310. The summed E-state index contributed by atoms with van der Waals surface area (Å²) in [6.07, 6.45) is 8.30. The molecule has 2 bridgehead atoms. The van der Waals surface area contributed by atoms with Crippen molar-refractivity contribution in [3.05, 3.63) is 0 Å². The van der Waals surface area contributed by atoms with Crippen LogP contribution in [0.3, 0.4) is 0 Å². The van der Waals surface area contributed by atoms with Crippen LogP contribution >= 0.6 is 11.8 Å². The van der Waals surface area contributed by atoms with Crippen LogP contribution in [-0.2, 0) is 0 Å². The number of rotatable bonds is 5. The van der Waals surface area contributed by atoms with Crippen molar-refractivity contribution in [2.45, 2.75) is 38.6 Å². The van der Waals surface area contributed by atoms with Crippen molar-refractivity contribution < 1.29 is 0 Å². The molecule has 0 spiro atoms. The van der Waals surface area contributed by atoms with Gasteiger partial charge >= 0.3 is 0 Å². The molecule has 0 aliphatic heterocycles. The first-order valence-corrected chi connectivity index (χ1v) is 7.41. The molecule has 2 heteroatoms. The van der Waals surface area contributed by atoms with E-state index in [0.29, 0.717) is 6.04 Å². The van der Waals surface area contributed by atoms with Crippen LogP contribution in [0.5, 0.6) is 0 Å². The van der Waals surface area contributed by atoms with Crippen LogP contribution in [0.1, 0.15) is 32.6 Å². The van der Waals surface area contributed by atoms with Gasteiger partial charge in [0.15, 0.2) is 0 Å². The summed E-state index contributed by atoms with van der Waals surface area (Å²) in [5.41, 5.74) is 0. The van der Waals surface area contributed by atoms with Crippen LogP contribution in [0.2, 0.25) is 0 Å². The number of nitrogens with one attached hydrogen (secondary N) is 1. The van der Waals surface area contributed by atoms with Crippen LogP contribution < -0.4 is 5.32 Å². The molecule has 2 rings (SSSR count). The van der Waals surface area contributed by atoms with Crippen LogP contribution in [0.15, 0.2) is 0 Å². The number of hydrogen-bond acceptors (Lipinski definition) is 2. The SMILES string of the molecule is CSCC(C)NCC1CC2CCC1C2. The predicted octanol–water partition coefficient (Wildman–Crippen LogP) is 2.76. The topological polar surface area (TPSA) is 12.0 Å². The zero-order valence-electron chi connectivity index (χ0n) is 9.46. The predicted molar refractivity (Wildman–Crippen MR) is 64.8 cm³/mol. The molecule has 0 aromatic rings. The molecule has 0 aromatic carbocycles. The van der Waals surface area contributed by atoms with E-state index in [1.165, 1.54) is 31.6 Å². The Morgan fingerprint density at radius 3 is 2.79 bits per heavy atom. The molecule has 0 heterocycles. The maximum atomic E-state index is 3.69. The van der Waals surface area contributed by atoms with Crippen molar-refractivity contribution in [3.63, 3.8) is 0 Å². The van der Waals surface area contributed by atoms with Gasteiger partial charge in [-0.15, -0.1) is 0 Å². The molecule has 4 atom stereocenters. The summed E-state index contributed by atoms with van der Waals surface area (Å²) < 4.78 is 0. The Morgan fingerprint density at radius 1 is 1.36 bits per heavy atom. The Kier molecular flexibility index (Phi) is 3.78. The average Bonchev–Trinajstić information content (AvgIpc) is 2.76. The van der Waals surface area contributed by atoms with Crippen molar-refractivity contribution >= 4 is 11.8 Å². The lowest BCUT2D eigenvalue weighted by Gasteiger charge is -2.23. The van der Waals surface area contributed by atoms with Crippen LogP contribution in [-0.4, -0.2) is 24.6 Å². The average molecular weight is 213 g/mol. The zero-order chi connectivity index (χ0) is 9.97. The van der Waals surface area contributed by atoms with E-state index in [4.69, 9.17) is 0 Å². The standard InChI is InChI=1S/C12H23NS/c1-9(8-14-2)13-7-12-6-10-3-4-11(12)5-10/h9-13H,3-8H2,1-2H3. The van der Waals surface area contributed by atoms with E-state index in [1.807, 2.05) is 11.8 Å². The molecule has 0 aromatic heterocycles. The summed E-state index contributed by atoms with van der Waals surface area (Å²) in [5, 5.41) is 3.69. The Labute approximate surface area is 92.4 Å². The maximum Gasteiger partial charge on any atom is 0.0129 e. The fourth-order valence-corrected chi connectivity index (χ4v) is 3.91. The summed E-state index contributed by atoms with van der Waals surface area (Å²) in [6, 6.07) is 0.698. The highest BCUT2D eigenvalue weighted by Crippen LogP contribution is 2.47. The third-order valence-corrected chi connectivity index (χ3v) is 4.86. The highest BCUT2D eigenvalue weighted by atomic mass is 32.2. The Balaban J connectivity index is 1.66. The van der Waals surface area contributed by atoms with Crippen molar-refractivity contribution in [1.82, 2.24) is 5.32 Å². The van der Waals surface area contributed by atoms with E-state index in [2.05, 4.69) is 18.5 Å². The van der Waals surface area contributed by atoms with Gasteiger partial charge in [0.25, 0.3) is 0 Å². The quantitative estimate of drug-likeness (QED) is 0.753. The lowest BCUT2D eigenvalue weighted by Crippen LogP contribution is -2.34. The molecule has 82 valence electrons. The maximum absolute atomic E-state index is 3.69. The van der Waals surface area contributed by atoms with Crippen molar-refractivity contribution in [3.8, 4) is 0 Å². The van der Waals surface area contributed by atoms with Crippen molar-refractivity contribution in [2.24, 2.45) is 17.8 Å². The lowest BCUT2D eigenvalue weighted by atomic mass is 9.89. The minimum absolute atomic E-state index is 0.698. The second kappa shape index (κ2) is 4.89. The van der Waals surface area contributed by atoms with Gasteiger partial charge < -0.3 is 5.32 Å². The Bertz CT molecular complexity index is 183. The smallest absolute Gasteiger partial charge is 0.0129 e. The van der Waals surface area contributed by atoms with Gasteiger partial charge in [-0.2, -0.15) is 11.8 Å². The molecule has 0 radical (unpaired) electrons. The molecule has 0 amide bonds. The van der Waals surface area contributed by atoms with Gasteiger partial charge in [0, 0.05) is 11.8 Å². The van der Waals surface area contributed by atoms with Gasteiger partial charge in [0.2, 0.25) is 0 Å². The molecule has 2 saturated carbocycles. The van der Waals surface area contributed by atoms with E-state index in [-0.39, 0.29) is 0 Å². The molecular weight excluding hydrogens is 190 g/mol. The third-order valence-electron chi connectivity index (χ3n) is 4.03. The minimum Gasteiger partial charge on any atom is -0.313 e. The van der Waals surface area contributed by atoms with E-state index in [1.54, 1.807) is 6.42 Å². The first-order valence-electron chi connectivity index (χ1n) is 6.02. The van der Waals surface area contributed by atoms with Crippen LogP contribution in [0, 0.1) is 17.8 Å². The monoisotopic (exact) mass is 213 g/mol. The second-order valence-electron chi connectivity index (χ2n) is 5.20. The van der Waals surface area contributed by atoms with E-state index in [0.717, 1.165) is 17.8 Å². The fourth-order valence-electron chi connectivity index (χ4n) is 3.29. The van der Waals surface area contributed by atoms with Crippen LogP contribution in [0.25, 0.3) is 0 Å². The van der Waals surface area contributed by atoms with Crippen molar-refractivity contribution in [2.75, 3.05) is 18.6 Å². The van der Waals surface area contributed by atoms with E-state index < -0.39 is 0 Å². The summed E-state index contributed by atoms with van der Waals surface area (Å²) in [4.78, 5) is 0. The molecule has 2 aliphatic rings. The largest absolute Gasteiger partial charge is 0.313 e. The number of hydrogen-bond donors (Lipinski definition) is 1. The molecule has 14 heavy (non-hydrogen) atoms. The summed E-state index contributed by atoms with van der Waals surface area (Å²) in [7, 11) is 0. The van der Waals surface area contributed by atoms with Gasteiger partial charge in [-0.3, -0.25) is 0 Å². The molecule has 2 aliphatic carbocycles. The fraction of sp³-hybridized carbons (Fsp3) is 1.00. The zero-order valence-corrected chi connectivity index (χ0v) is 10.3. The normalized spacial score (nSPS) is 37.7. The van der Waals surface area contributed by atoms with Gasteiger partial charge in [0.05, 0.1) is 0 Å². The van der Waals surface area contributed by atoms with Gasteiger partial charge in [-0.05, 0) is 56.7 Å². The van der Waals surface area contributed by atoms with E-state index in [9.17, 15) is 0 Å². The minimum atomic E-state index is 0.698. The van der Waals surface area contributed by atoms with Crippen molar-refractivity contribution in [1.29, 1.82) is 0 Å². The number of thioether (sulfide) groups is 1. The molecule has 1 nitrogen and oxygen atoms in total. The summed E-state index contributed by atoms with van der Waals surface area (Å²) >= 11 is 1.95. The lowest BCUT2D eigenvalue weighted by molar-refractivity contribution is 0.312. The van der Waals surface area contributed by atoms with Crippen LogP contribution in [0.4, 0.5) is 0 Å². The molecule has 4 unspecified atom stereocenters. The van der Waals surface area contributed by atoms with Gasteiger partial charge in [0.1, 0.15) is 0 Å². The summed E-state index contributed by atoms with van der Waals surface area (Å²) in [6.45, 7) is 3.59. The molecule has 2 fully saturated rings. The number of fused-ring (bicyclic) bond motifs is 2. The molecule has 1 N–H and O–H groups in total. The first kappa shape index (κ1) is 10.8. The van der Waals surface area contributed by atoms with E-state index >= 15 is 0 Å². The molecule has 0 saturated heterocycles. The first-order chi connectivity index (χ1) is 6.79. The van der Waals surface area contributed by atoms with Gasteiger partial charge in [-0.25, -0.2) is 0 Å². The van der Waals surface area contributed by atoms with Gasteiger partial charge in [-0.1, -0.05) is 6.42 Å². The highest BCUT2D eigenvalue weighted by Gasteiger charge is 2.38. The summed E-state index contributed by atoms with van der Waals surface area (Å²) in [5.74, 6) is 4.44.